The van der Waals surface area contributed by atoms with Crippen LogP contribution in [0.1, 0.15) is 31.2 Å². The first-order chi connectivity index (χ1) is 9.22. The zero-order valence-electron chi connectivity index (χ0n) is 10.7. The SMILES string of the molecule is O=C(Cc1c[nH]c2ccc(F)cc12)NC1CCCC1. The average molecular weight is 260 g/mol. The van der Waals surface area contributed by atoms with Gasteiger partial charge in [0.2, 0.25) is 5.91 Å². The van der Waals surface area contributed by atoms with E-state index < -0.39 is 0 Å². The van der Waals surface area contributed by atoms with E-state index in [4.69, 9.17) is 0 Å². The molecule has 3 rings (SSSR count). The molecule has 1 saturated carbocycles. The number of rotatable bonds is 3. The smallest absolute Gasteiger partial charge is 0.224 e. The van der Waals surface area contributed by atoms with E-state index in [1.807, 2.05) is 0 Å². The lowest BCUT2D eigenvalue weighted by Crippen LogP contribution is -2.33. The van der Waals surface area contributed by atoms with Crippen molar-refractivity contribution in [1.29, 1.82) is 0 Å². The Kier molecular flexibility index (Phi) is 3.23. The summed E-state index contributed by atoms with van der Waals surface area (Å²) in [7, 11) is 0. The van der Waals surface area contributed by atoms with Gasteiger partial charge in [-0.3, -0.25) is 4.79 Å². The van der Waals surface area contributed by atoms with Crippen LogP contribution in [0.25, 0.3) is 10.9 Å². The molecule has 1 heterocycles. The van der Waals surface area contributed by atoms with Gasteiger partial charge in [0.05, 0.1) is 6.42 Å². The maximum Gasteiger partial charge on any atom is 0.224 e. The summed E-state index contributed by atoms with van der Waals surface area (Å²) in [5.41, 5.74) is 1.72. The molecule has 0 saturated heterocycles. The Morgan fingerprint density at radius 3 is 2.95 bits per heavy atom. The normalized spacial score (nSPS) is 16.1. The van der Waals surface area contributed by atoms with Crippen molar-refractivity contribution in [3.8, 4) is 0 Å². The Hall–Kier alpha value is -1.84. The van der Waals surface area contributed by atoms with Crippen molar-refractivity contribution in [2.24, 2.45) is 0 Å². The number of H-pyrrole nitrogens is 1. The first kappa shape index (κ1) is 12.2. The Morgan fingerprint density at radius 1 is 1.37 bits per heavy atom. The average Bonchev–Trinajstić information content (AvgIpc) is 3.00. The van der Waals surface area contributed by atoms with Crippen LogP contribution in [0.2, 0.25) is 0 Å². The fourth-order valence-electron chi connectivity index (χ4n) is 2.82. The zero-order valence-corrected chi connectivity index (χ0v) is 10.7. The maximum absolute atomic E-state index is 13.2. The minimum absolute atomic E-state index is 0.0251. The Labute approximate surface area is 111 Å². The number of amides is 1. The molecule has 1 aliphatic rings. The van der Waals surface area contributed by atoms with Gasteiger partial charge in [0.25, 0.3) is 0 Å². The van der Waals surface area contributed by atoms with Gasteiger partial charge < -0.3 is 10.3 Å². The van der Waals surface area contributed by atoms with Gasteiger partial charge in [0.1, 0.15) is 5.82 Å². The van der Waals surface area contributed by atoms with Crippen LogP contribution in [0.5, 0.6) is 0 Å². The highest BCUT2D eigenvalue weighted by atomic mass is 19.1. The van der Waals surface area contributed by atoms with Crippen molar-refractivity contribution < 1.29 is 9.18 Å². The second kappa shape index (κ2) is 5.03. The maximum atomic E-state index is 13.2. The van der Waals surface area contributed by atoms with Crippen molar-refractivity contribution in [2.75, 3.05) is 0 Å². The predicted molar refractivity (Wildman–Crippen MR) is 72.4 cm³/mol. The molecule has 2 aromatic rings. The van der Waals surface area contributed by atoms with Crippen molar-refractivity contribution in [1.82, 2.24) is 10.3 Å². The van der Waals surface area contributed by atoms with Crippen molar-refractivity contribution in [2.45, 2.75) is 38.1 Å². The summed E-state index contributed by atoms with van der Waals surface area (Å²) < 4.78 is 13.2. The third-order valence-electron chi connectivity index (χ3n) is 3.80. The van der Waals surface area contributed by atoms with Crippen LogP contribution < -0.4 is 5.32 Å². The number of carbonyl (C=O) groups excluding carboxylic acids is 1. The molecule has 0 radical (unpaired) electrons. The Balaban J connectivity index is 1.73. The fraction of sp³-hybridized carbons (Fsp3) is 0.400. The third kappa shape index (κ3) is 2.62. The quantitative estimate of drug-likeness (QED) is 0.875. The number of aromatic nitrogens is 1. The molecule has 1 aromatic carbocycles. The number of hydrogen-bond acceptors (Lipinski definition) is 1. The van der Waals surface area contributed by atoms with Gasteiger partial charge >= 0.3 is 0 Å². The highest BCUT2D eigenvalue weighted by Crippen LogP contribution is 2.21. The third-order valence-corrected chi connectivity index (χ3v) is 3.80. The number of nitrogens with one attached hydrogen (secondary N) is 2. The molecule has 3 nitrogen and oxygen atoms in total. The minimum Gasteiger partial charge on any atom is -0.361 e. The summed E-state index contributed by atoms with van der Waals surface area (Å²) in [6.07, 6.45) is 6.65. The number of hydrogen-bond donors (Lipinski definition) is 2. The second-order valence-electron chi connectivity index (χ2n) is 5.23. The van der Waals surface area contributed by atoms with Crippen LogP contribution in [-0.4, -0.2) is 16.9 Å². The molecule has 19 heavy (non-hydrogen) atoms. The molecule has 1 aliphatic carbocycles. The lowest BCUT2D eigenvalue weighted by Gasteiger charge is -2.11. The van der Waals surface area contributed by atoms with Crippen LogP contribution in [0, 0.1) is 5.82 Å². The molecular weight excluding hydrogens is 243 g/mol. The first-order valence-electron chi connectivity index (χ1n) is 6.77. The molecule has 4 heteroatoms. The molecule has 1 amide bonds. The lowest BCUT2D eigenvalue weighted by atomic mass is 10.1. The minimum atomic E-state index is -0.274. The summed E-state index contributed by atoms with van der Waals surface area (Å²) >= 11 is 0. The molecule has 1 aromatic heterocycles. The summed E-state index contributed by atoms with van der Waals surface area (Å²) in [6, 6.07) is 4.92. The van der Waals surface area contributed by atoms with Gasteiger partial charge in [-0.1, -0.05) is 12.8 Å². The molecule has 1 fully saturated rings. The van der Waals surface area contributed by atoms with Gasteiger partial charge in [-0.05, 0) is 36.6 Å². The van der Waals surface area contributed by atoms with E-state index in [0.717, 1.165) is 29.3 Å². The van der Waals surface area contributed by atoms with E-state index >= 15 is 0 Å². The van der Waals surface area contributed by atoms with E-state index in [2.05, 4.69) is 10.3 Å². The highest BCUT2D eigenvalue weighted by Gasteiger charge is 2.18. The van der Waals surface area contributed by atoms with E-state index in [1.165, 1.54) is 25.0 Å². The Morgan fingerprint density at radius 2 is 2.16 bits per heavy atom. The van der Waals surface area contributed by atoms with Crippen molar-refractivity contribution in [3.05, 3.63) is 35.8 Å². The summed E-state index contributed by atoms with van der Waals surface area (Å²) in [5, 5.41) is 3.84. The number of halogens is 1. The van der Waals surface area contributed by atoms with Crippen LogP contribution >= 0.6 is 0 Å². The summed E-state index contributed by atoms with van der Waals surface area (Å²) in [5.74, 6) is -0.249. The topological polar surface area (TPSA) is 44.9 Å². The monoisotopic (exact) mass is 260 g/mol. The van der Waals surface area contributed by atoms with Gasteiger partial charge in [0.15, 0.2) is 0 Å². The predicted octanol–water partition coefficient (Wildman–Crippen LogP) is 2.91. The number of aromatic amines is 1. The van der Waals surface area contributed by atoms with Crippen molar-refractivity contribution in [3.63, 3.8) is 0 Å². The van der Waals surface area contributed by atoms with Gasteiger partial charge in [0, 0.05) is 23.1 Å². The standard InChI is InChI=1S/C15H17FN2O/c16-11-5-6-14-13(8-11)10(9-17-14)7-15(19)18-12-3-1-2-4-12/h5-6,8-9,12,17H,1-4,7H2,(H,18,19). The summed E-state index contributed by atoms with van der Waals surface area (Å²) in [6.45, 7) is 0. The van der Waals surface area contributed by atoms with Crippen LogP contribution in [-0.2, 0) is 11.2 Å². The van der Waals surface area contributed by atoms with Crippen LogP contribution in [0.4, 0.5) is 4.39 Å². The largest absolute Gasteiger partial charge is 0.361 e. The van der Waals surface area contributed by atoms with Crippen LogP contribution in [0.3, 0.4) is 0 Å². The molecule has 0 bridgehead atoms. The number of carbonyl (C=O) groups is 1. The van der Waals surface area contributed by atoms with Crippen molar-refractivity contribution >= 4 is 16.8 Å². The number of benzene rings is 1. The zero-order chi connectivity index (χ0) is 13.2. The van der Waals surface area contributed by atoms with Gasteiger partial charge in [-0.2, -0.15) is 0 Å². The molecular formula is C15H17FN2O. The molecule has 0 unspecified atom stereocenters. The van der Waals surface area contributed by atoms with E-state index in [-0.39, 0.29) is 11.7 Å². The molecule has 0 aliphatic heterocycles. The molecule has 2 N–H and O–H groups in total. The lowest BCUT2D eigenvalue weighted by molar-refractivity contribution is -0.121. The van der Waals surface area contributed by atoms with E-state index in [0.29, 0.717) is 12.5 Å². The highest BCUT2D eigenvalue weighted by molar-refractivity contribution is 5.89. The molecule has 0 spiro atoms. The van der Waals surface area contributed by atoms with Gasteiger partial charge in [-0.25, -0.2) is 4.39 Å². The Bertz CT molecular complexity index is 599. The molecule has 0 atom stereocenters. The molecule has 100 valence electrons. The van der Waals surface area contributed by atoms with E-state index in [1.54, 1.807) is 12.3 Å². The number of fused-ring (bicyclic) bond motifs is 1. The fourth-order valence-corrected chi connectivity index (χ4v) is 2.82. The first-order valence-corrected chi connectivity index (χ1v) is 6.77. The van der Waals surface area contributed by atoms with Crippen LogP contribution in [0.15, 0.2) is 24.4 Å². The van der Waals surface area contributed by atoms with Gasteiger partial charge in [-0.15, -0.1) is 0 Å². The van der Waals surface area contributed by atoms with E-state index in [9.17, 15) is 9.18 Å². The second-order valence-corrected chi connectivity index (χ2v) is 5.23. The summed E-state index contributed by atoms with van der Waals surface area (Å²) in [4.78, 5) is 15.0.